The molecule has 7 heteroatoms. The molecule has 2 amide bonds. The maximum atomic E-state index is 13.0. The van der Waals surface area contributed by atoms with Gasteiger partial charge < -0.3 is 15.5 Å². The first-order chi connectivity index (χ1) is 12.0. The smallest absolute Gasteiger partial charge is 0.242 e. The number of amides is 2. The summed E-state index contributed by atoms with van der Waals surface area (Å²) in [6.45, 7) is 7.64. The predicted molar refractivity (Wildman–Crippen MR) is 96.0 cm³/mol. The largest absolute Gasteiger partial charge is 0.369 e. The summed E-state index contributed by atoms with van der Waals surface area (Å²) < 4.78 is 13.0. The summed E-state index contributed by atoms with van der Waals surface area (Å²) in [5.74, 6) is -0.540. The Hall–Kier alpha value is -2.15. The van der Waals surface area contributed by atoms with Gasteiger partial charge in [-0.1, -0.05) is 6.92 Å². The highest BCUT2D eigenvalue weighted by Crippen LogP contribution is 2.16. The van der Waals surface area contributed by atoms with Crippen molar-refractivity contribution in [1.82, 2.24) is 15.5 Å². The Morgan fingerprint density at radius 2 is 1.80 bits per heavy atom. The summed E-state index contributed by atoms with van der Waals surface area (Å²) >= 11 is 0. The van der Waals surface area contributed by atoms with Crippen molar-refractivity contribution in [3.63, 3.8) is 0 Å². The van der Waals surface area contributed by atoms with Gasteiger partial charge in [-0.25, -0.2) is 4.39 Å². The third-order valence-electron chi connectivity index (χ3n) is 4.25. The Kier molecular flexibility index (Phi) is 7.18. The van der Waals surface area contributed by atoms with E-state index in [1.54, 1.807) is 19.1 Å². The molecule has 6 nitrogen and oxygen atoms in total. The molecule has 0 spiro atoms. The van der Waals surface area contributed by atoms with Gasteiger partial charge in [-0.2, -0.15) is 0 Å². The molecule has 1 aliphatic heterocycles. The van der Waals surface area contributed by atoms with Crippen LogP contribution in [-0.2, 0) is 9.59 Å². The fraction of sp³-hybridized carbons (Fsp3) is 0.556. The molecular formula is C18H27FN4O2. The Morgan fingerprint density at radius 3 is 2.40 bits per heavy atom. The van der Waals surface area contributed by atoms with Gasteiger partial charge in [0.1, 0.15) is 11.9 Å². The predicted octanol–water partition coefficient (Wildman–Crippen LogP) is 0.979. The third-order valence-corrected chi connectivity index (χ3v) is 4.25. The second-order valence-electron chi connectivity index (χ2n) is 6.32. The zero-order valence-corrected chi connectivity index (χ0v) is 14.9. The SMILES string of the molecule is CCCNC(=O)C(C)NC(=O)CN1CCN(c2ccc(F)cc2)CC1. The van der Waals surface area contributed by atoms with Crippen molar-refractivity contribution in [2.45, 2.75) is 26.3 Å². The van der Waals surface area contributed by atoms with Gasteiger partial charge in [0.25, 0.3) is 0 Å². The van der Waals surface area contributed by atoms with Gasteiger partial charge in [0.15, 0.2) is 0 Å². The molecule has 1 aliphatic rings. The Balaban J connectivity index is 1.73. The quantitative estimate of drug-likeness (QED) is 0.769. The van der Waals surface area contributed by atoms with Crippen molar-refractivity contribution in [1.29, 1.82) is 0 Å². The molecule has 1 aromatic carbocycles. The van der Waals surface area contributed by atoms with Gasteiger partial charge in [0.05, 0.1) is 6.54 Å². The zero-order chi connectivity index (χ0) is 18.2. The Labute approximate surface area is 148 Å². The lowest BCUT2D eigenvalue weighted by atomic mass is 10.2. The van der Waals surface area contributed by atoms with Crippen LogP contribution in [0, 0.1) is 5.82 Å². The van der Waals surface area contributed by atoms with Crippen LogP contribution in [0.2, 0.25) is 0 Å². The first kappa shape index (κ1) is 19.2. The van der Waals surface area contributed by atoms with Gasteiger partial charge in [-0.05, 0) is 37.6 Å². The molecule has 0 saturated carbocycles. The van der Waals surface area contributed by atoms with Crippen LogP contribution in [0.25, 0.3) is 0 Å². The second-order valence-corrected chi connectivity index (χ2v) is 6.32. The normalized spacial score (nSPS) is 16.4. The molecule has 2 rings (SSSR count). The second kappa shape index (κ2) is 9.36. The number of piperazine rings is 1. The summed E-state index contributed by atoms with van der Waals surface area (Å²) in [4.78, 5) is 28.1. The highest BCUT2D eigenvalue weighted by Gasteiger charge is 2.21. The fourth-order valence-electron chi connectivity index (χ4n) is 2.77. The summed E-state index contributed by atoms with van der Waals surface area (Å²) in [5, 5.41) is 5.51. The minimum Gasteiger partial charge on any atom is -0.369 e. The average molecular weight is 350 g/mol. The van der Waals surface area contributed by atoms with Crippen molar-refractivity contribution in [3.8, 4) is 0 Å². The lowest BCUT2D eigenvalue weighted by molar-refractivity contribution is -0.129. The van der Waals surface area contributed by atoms with Crippen LogP contribution in [0.5, 0.6) is 0 Å². The number of rotatable bonds is 7. The van der Waals surface area contributed by atoms with E-state index in [0.717, 1.165) is 38.3 Å². The molecule has 1 atom stereocenters. The summed E-state index contributed by atoms with van der Waals surface area (Å²) in [5.41, 5.74) is 0.992. The van der Waals surface area contributed by atoms with Crippen LogP contribution in [0.15, 0.2) is 24.3 Å². The van der Waals surface area contributed by atoms with Gasteiger partial charge in [0, 0.05) is 38.4 Å². The van der Waals surface area contributed by atoms with Gasteiger partial charge in [-0.3, -0.25) is 14.5 Å². The number of benzene rings is 1. The average Bonchev–Trinajstić information content (AvgIpc) is 2.61. The lowest BCUT2D eigenvalue weighted by Crippen LogP contribution is -2.52. The Morgan fingerprint density at radius 1 is 1.16 bits per heavy atom. The molecule has 1 unspecified atom stereocenters. The lowest BCUT2D eigenvalue weighted by Gasteiger charge is -2.35. The molecule has 0 bridgehead atoms. The number of anilines is 1. The zero-order valence-electron chi connectivity index (χ0n) is 14.9. The third kappa shape index (κ3) is 6.01. The number of nitrogens with one attached hydrogen (secondary N) is 2. The van der Waals surface area contributed by atoms with E-state index in [0.29, 0.717) is 6.54 Å². The number of halogens is 1. The molecule has 0 aromatic heterocycles. The van der Waals surface area contributed by atoms with E-state index in [-0.39, 0.29) is 24.2 Å². The first-order valence-electron chi connectivity index (χ1n) is 8.79. The van der Waals surface area contributed by atoms with E-state index in [1.165, 1.54) is 12.1 Å². The van der Waals surface area contributed by atoms with Gasteiger partial charge >= 0.3 is 0 Å². The van der Waals surface area contributed by atoms with Crippen molar-refractivity contribution in [2.75, 3.05) is 44.2 Å². The number of nitrogens with zero attached hydrogens (tertiary/aromatic N) is 2. The Bertz CT molecular complexity index is 571. The molecule has 0 aliphatic carbocycles. The number of carbonyl (C=O) groups is 2. The molecule has 1 fully saturated rings. The highest BCUT2D eigenvalue weighted by molar-refractivity contribution is 5.87. The molecule has 1 aromatic rings. The molecule has 25 heavy (non-hydrogen) atoms. The van der Waals surface area contributed by atoms with Crippen LogP contribution in [0.3, 0.4) is 0 Å². The molecule has 138 valence electrons. The molecular weight excluding hydrogens is 323 g/mol. The maximum absolute atomic E-state index is 13.0. The molecule has 1 saturated heterocycles. The van der Waals surface area contributed by atoms with E-state index in [1.807, 2.05) is 6.92 Å². The van der Waals surface area contributed by atoms with E-state index in [9.17, 15) is 14.0 Å². The molecule has 1 heterocycles. The monoisotopic (exact) mass is 350 g/mol. The van der Waals surface area contributed by atoms with E-state index in [2.05, 4.69) is 20.4 Å². The minimum absolute atomic E-state index is 0.144. The topological polar surface area (TPSA) is 64.7 Å². The molecule has 0 radical (unpaired) electrons. The van der Waals surface area contributed by atoms with Crippen LogP contribution in [-0.4, -0.2) is 62.0 Å². The minimum atomic E-state index is -0.528. The summed E-state index contributed by atoms with van der Waals surface area (Å²) in [7, 11) is 0. The van der Waals surface area contributed by atoms with Crippen molar-refractivity contribution in [2.24, 2.45) is 0 Å². The van der Waals surface area contributed by atoms with Crippen LogP contribution in [0.4, 0.5) is 10.1 Å². The van der Waals surface area contributed by atoms with Crippen molar-refractivity contribution >= 4 is 17.5 Å². The standard InChI is InChI=1S/C18H27FN4O2/c1-3-8-20-18(25)14(2)21-17(24)13-22-9-11-23(12-10-22)16-6-4-15(19)5-7-16/h4-7,14H,3,8-13H2,1-2H3,(H,20,25)(H,21,24). The molecule has 2 N–H and O–H groups in total. The summed E-state index contributed by atoms with van der Waals surface area (Å²) in [6.07, 6.45) is 0.866. The van der Waals surface area contributed by atoms with E-state index in [4.69, 9.17) is 0 Å². The van der Waals surface area contributed by atoms with E-state index < -0.39 is 6.04 Å². The van der Waals surface area contributed by atoms with Gasteiger partial charge in [-0.15, -0.1) is 0 Å². The van der Waals surface area contributed by atoms with E-state index >= 15 is 0 Å². The van der Waals surface area contributed by atoms with Crippen molar-refractivity contribution in [3.05, 3.63) is 30.1 Å². The number of hydrogen-bond acceptors (Lipinski definition) is 4. The summed E-state index contributed by atoms with van der Waals surface area (Å²) in [6, 6.07) is 5.93. The maximum Gasteiger partial charge on any atom is 0.242 e. The van der Waals surface area contributed by atoms with Crippen molar-refractivity contribution < 1.29 is 14.0 Å². The highest BCUT2D eigenvalue weighted by atomic mass is 19.1. The van der Waals surface area contributed by atoms with Gasteiger partial charge in [0.2, 0.25) is 11.8 Å². The first-order valence-corrected chi connectivity index (χ1v) is 8.79. The fourth-order valence-corrected chi connectivity index (χ4v) is 2.77. The van der Waals surface area contributed by atoms with Crippen LogP contribution < -0.4 is 15.5 Å². The van der Waals surface area contributed by atoms with Crippen LogP contribution in [0.1, 0.15) is 20.3 Å². The van der Waals surface area contributed by atoms with Crippen LogP contribution >= 0.6 is 0 Å². The number of carbonyl (C=O) groups excluding carboxylic acids is 2. The number of hydrogen-bond donors (Lipinski definition) is 2.